The van der Waals surface area contributed by atoms with Gasteiger partial charge >= 0.3 is 0 Å². The second-order valence-corrected chi connectivity index (χ2v) is 23.3. The summed E-state index contributed by atoms with van der Waals surface area (Å²) in [5.74, 6) is -0.740. The van der Waals surface area contributed by atoms with Crippen LogP contribution >= 0.6 is 15.6 Å². The Bertz CT molecular complexity index is 2090. The van der Waals surface area contributed by atoms with Gasteiger partial charge in [-0.2, -0.15) is 0 Å². The lowest BCUT2D eigenvalue weighted by atomic mass is 9.97. The molecule has 2 unspecified atom stereocenters. The van der Waals surface area contributed by atoms with Gasteiger partial charge in [0.25, 0.3) is 15.6 Å². The highest BCUT2D eigenvalue weighted by atomic mass is 31.3. The van der Waals surface area contributed by atoms with E-state index in [0.717, 1.165) is 122 Å². The van der Waals surface area contributed by atoms with Crippen LogP contribution in [-0.2, 0) is 32.0 Å². The van der Waals surface area contributed by atoms with E-state index in [4.69, 9.17) is 9.26 Å². The molecule has 0 aromatic heterocycles. The van der Waals surface area contributed by atoms with Gasteiger partial charge in [-0.1, -0.05) is 116 Å². The number of phosphoric ester groups is 2. The SMILES string of the molecule is CC(=O)N[C@H]1[C@@H](OP(=O)([O-])OP(=O)([O-])OC/C=C(/C)CC/C=C(/C)CC/C=C(/C)CC/C=C(/C)CC/C=C(/C)CC/C=C(/C)CC/C=C(/C)CC/C=C(/C)CC/C=C(\C)CCC=C(C)C)O[C@H](CO)[C@@H](O)[C@@H]1O. The fourth-order valence-corrected chi connectivity index (χ4v) is 10.0. The van der Waals surface area contributed by atoms with Crippen LogP contribution < -0.4 is 15.1 Å². The van der Waals surface area contributed by atoms with Gasteiger partial charge in [0, 0.05) is 6.92 Å². The van der Waals surface area contributed by atoms with Crippen molar-refractivity contribution in [1.82, 2.24) is 5.32 Å². The number of hydrogen-bond donors (Lipinski definition) is 4. The van der Waals surface area contributed by atoms with E-state index < -0.39 is 65.4 Å². The second kappa shape index (κ2) is 37.7. The number of ether oxygens (including phenoxy) is 1. The van der Waals surface area contributed by atoms with Crippen LogP contribution in [0.1, 0.15) is 199 Å². The molecule has 1 aliphatic rings. The Hall–Kier alpha value is -3.03. The van der Waals surface area contributed by atoms with Crippen LogP contribution in [0.3, 0.4) is 0 Å². The van der Waals surface area contributed by atoms with Gasteiger partial charge in [0.1, 0.15) is 24.4 Å². The topological polar surface area (TPSA) is 207 Å². The predicted molar refractivity (Wildman–Crippen MR) is 295 cm³/mol. The van der Waals surface area contributed by atoms with E-state index in [9.17, 15) is 39.0 Å². The van der Waals surface area contributed by atoms with E-state index in [1.165, 1.54) is 56.2 Å². The van der Waals surface area contributed by atoms with Crippen molar-refractivity contribution >= 4 is 21.6 Å². The highest BCUT2D eigenvalue weighted by molar-refractivity contribution is 7.59. The molecule has 13 nitrogen and oxygen atoms in total. The van der Waals surface area contributed by atoms with Gasteiger partial charge in [0.15, 0.2) is 6.29 Å². The maximum absolute atomic E-state index is 12.5. The second-order valence-electron chi connectivity index (χ2n) is 20.4. The van der Waals surface area contributed by atoms with Gasteiger partial charge in [-0.05, 0) is 192 Å². The number of amides is 1. The molecule has 1 saturated heterocycles. The van der Waals surface area contributed by atoms with Gasteiger partial charge < -0.3 is 39.7 Å². The van der Waals surface area contributed by atoms with E-state index in [2.05, 4.69) is 138 Å². The third-order valence-electron chi connectivity index (χ3n) is 12.7. The highest BCUT2D eigenvalue weighted by Crippen LogP contribution is 2.56. The number of rotatable bonds is 36. The Morgan fingerprint density at radius 3 is 1.08 bits per heavy atom. The first-order valence-corrected chi connectivity index (χ1v) is 29.3. The molecule has 1 heterocycles. The fraction of sp³-hybridized carbons (Fsp3) is 0.638. The number of allylic oxidation sites excluding steroid dienone is 19. The molecule has 0 saturated carbocycles. The van der Waals surface area contributed by atoms with Crippen LogP contribution in [-0.4, -0.2) is 65.1 Å². The van der Waals surface area contributed by atoms with Crippen molar-refractivity contribution in [3.8, 4) is 0 Å². The average molecular weight is 1060 g/mol. The minimum atomic E-state index is -5.73. The van der Waals surface area contributed by atoms with Crippen LogP contribution in [0.15, 0.2) is 116 Å². The molecule has 7 atom stereocenters. The Morgan fingerprint density at radius 1 is 0.493 bits per heavy atom. The first-order chi connectivity index (χ1) is 34.3. The van der Waals surface area contributed by atoms with E-state index in [0.29, 0.717) is 6.42 Å². The molecule has 1 amide bonds. The quantitative estimate of drug-likeness (QED) is 0.0341. The first-order valence-electron chi connectivity index (χ1n) is 26.4. The van der Waals surface area contributed by atoms with Gasteiger partial charge in [-0.15, -0.1) is 0 Å². The minimum absolute atomic E-state index is 0.496. The molecule has 0 radical (unpaired) electrons. The zero-order valence-corrected chi connectivity index (χ0v) is 48.5. The van der Waals surface area contributed by atoms with Crippen molar-refractivity contribution in [3.05, 3.63) is 116 Å². The molecule has 1 rings (SSSR count). The standard InChI is InChI=1S/C58H97NO12P2/c1-43(2)22-13-23-44(3)24-14-25-45(4)26-15-27-46(5)28-16-29-47(6)30-17-31-48(7)32-18-33-49(8)34-19-35-50(9)36-20-37-51(10)38-21-39-52(11)40-41-68-72(64,65)71-73(66,67)70-58-55(59-53(12)61)57(63)56(62)54(42-60)69-58/h22,24,26,28,30,32,34,36,38,40,54-58,60,62-63H,13-21,23,25,27,29,31,33,35,37,39,41-42H2,1-12H3,(H,59,61)(H,64,65)(H,66,67)/p-2/b44-24+,45-26-,46-28-,47-30-,48-32-,49-34-,50-36-,51-38-,52-40-/t54-,55-,56-,57-,58-/m1/s1. The zero-order valence-electron chi connectivity index (χ0n) is 46.7. The largest absolute Gasteiger partial charge is 0.756 e. The van der Waals surface area contributed by atoms with Gasteiger partial charge in [0.05, 0.1) is 13.2 Å². The van der Waals surface area contributed by atoms with Crippen molar-refractivity contribution in [2.24, 2.45) is 0 Å². The molecular formula is C58H95NO12P2-2. The first kappa shape index (κ1) is 68.0. The number of carbonyl (C=O) groups is 1. The summed E-state index contributed by atoms with van der Waals surface area (Å²) in [5.41, 5.74) is 13.7. The molecule has 1 fully saturated rings. The van der Waals surface area contributed by atoms with Crippen LogP contribution in [0.5, 0.6) is 0 Å². The van der Waals surface area contributed by atoms with Crippen molar-refractivity contribution in [2.75, 3.05) is 13.2 Å². The van der Waals surface area contributed by atoms with Crippen LogP contribution in [0.2, 0.25) is 0 Å². The molecule has 0 aromatic carbocycles. The molecule has 416 valence electrons. The Labute approximate surface area is 441 Å². The summed E-state index contributed by atoms with van der Waals surface area (Å²) in [6, 6.07) is -1.64. The Morgan fingerprint density at radius 2 is 0.795 bits per heavy atom. The van der Waals surface area contributed by atoms with Crippen LogP contribution in [0, 0.1) is 0 Å². The number of aliphatic hydroxyl groups is 3. The molecule has 0 aromatic rings. The van der Waals surface area contributed by atoms with E-state index in [1.54, 1.807) is 6.92 Å². The Balaban J connectivity index is 2.35. The summed E-state index contributed by atoms with van der Waals surface area (Å²) in [7, 11) is -11.2. The Kier molecular flexibility index (Phi) is 35.1. The maximum atomic E-state index is 12.5. The summed E-state index contributed by atoms with van der Waals surface area (Å²) in [5, 5.41) is 32.0. The number of aliphatic hydroxyl groups excluding tert-OH is 3. The highest BCUT2D eigenvalue weighted by Gasteiger charge is 2.47. The molecule has 73 heavy (non-hydrogen) atoms. The molecular weight excluding hydrogens is 965 g/mol. The van der Waals surface area contributed by atoms with E-state index in [-0.39, 0.29) is 0 Å². The van der Waals surface area contributed by atoms with Crippen molar-refractivity contribution in [2.45, 2.75) is 229 Å². The third kappa shape index (κ3) is 34.3. The summed E-state index contributed by atoms with van der Waals surface area (Å²) >= 11 is 0. The monoisotopic (exact) mass is 1060 g/mol. The molecule has 1 aliphatic heterocycles. The minimum Gasteiger partial charge on any atom is -0.756 e. The molecule has 0 spiro atoms. The normalized spacial score (nSPS) is 22.0. The van der Waals surface area contributed by atoms with E-state index in [1.807, 2.05) is 0 Å². The molecule has 15 heteroatoms. The lowest BCUT2D eigenvalue weighted by molar-refractivity contribution is -0.284. The number of carbonyl (C=O) groups excluding carboxylic acids is 1. The number of nitrogens with one attached hydrogen (secondary N) is 1. The molecule has 4 N–H and O–H groups in total. The summed E-state index contributed by atoms with van der Waals surface area (Å²) in [6.45, 7) is 23.7. The van der Waals surface area contributed by atoms with E-state index >= 15 is 0 Å². The van der Waals surface area contributed by atoms with Crippen LogP contribution in [0.4, 0.5) is 0 Å². The molecule has 0 bridgehead atoms. The fourth-order valence-electron chi connectivity index (χ4n) is 8.00. The van der Waals surface area contributed by atoms with Gasteiger partial charge in [-0.25, -0.2) is 4.31 Å². The smallest absolute Gasteiger partial charge is 0.276 e. The zero-order chi connectivity index (χ0) is 55.0. The van der Waals surface area contributed by atoms with Crippen molar-refractivity contribution in [1.29, 1.82) is 0 Å². The van der Waals surface area contributed by atoms with Gasteiger partial charge in [-0.3, -0.25) is 18.4 Å². The molecule has 0 aliphatic carbocycles. The predicted octanol–water partition coefficient (Wildman–Crippen LogP) is 13.4. The van der Waals surface area contributed by atoms with Crippen molar-refractivity contribution < 1.29 is 57.1 Å². The number of phosphoric acid groups is 2. The lowest BCUT2D eigenvalue weighted by Crippen LogP contribution is -2.64. The maximum Gasteiger partial charge on any atom is 0.276 e. The lowest BCUT2D eigenvalue weighted by Gasteiger charge is -2.43. The average Bonchev–Trinajstić information content (AvgIpc) is 3.28. The third-order valence-corrected chi connectivity index (χ3v) is 15.2. The summed E-state index contributed by atoms with van der Waals surface area (Å²) in [4.78, 5) is 36.4. The summed E-state index contributed by atoms with van der Waals surface area (Å²) < 4.78 is 43.5. The van der Waals surface area contributed by atoms with Crippen molar-refractivity contribution in [3.63, 3.8) is 0 Å². The summed E-state index contributed by atoms with van der Waals surface area (Å²) in [6.07, 6.45) is 34.4. The number of hydrogen-bond acceptors (Lipinski definition) is 12. The van der Waals surface area contributed by atoms with Gasteiger partial charge in [0.2, 0.25) is 5.91 Å². The van der Waals surface area contributed by atoms with Crippen LogP contribution in [0.25, 0.3) is 0 Å².